The van der Waals surface area contributed by atoms with Crippen LogP contribution in [0.4, 0.5) is 0 Å². The van der Waals surface area contributed by atoms with Gasteiger partial charge in [-0.25, -0.2) is 0 Å². The zero-order valence-corrected chi connectivity index (χ0v) is 9.03. The molecule has 0 spiro atoms. The molecule has 0 aromatic rings. The predicted molar refractivity (Wildman–Crippen MR) is 53.5 cm³/mol. The highest BCUT2D eigenvalue weighted by molar-refractivity contribution is 5.86. The van der Waals surface area contributed by atoms with E-state index in [2.05, 4.69) is 17.6 Å². The van der Waals surface area contributed by atoms with Crippen molar-refractivity contribution in [2.75, 3.05) is 6.54 Å². The molecule has 3 heteroatoms. The van der Waals surface area contributed by atoms with Crippen molar-refractivity contribution in [2.45, 2.75) is 51.6 Å². The summed E-state index contributed by atoms with van der Waals surface area (Å²) in [6, 6.07) is 0. The summed E-state index contributed by atoms with van der Waals surface area (Å²) in [4.78, 5) is 11.7. The van der Waals surface area contributed by atoms with Crippen molar-refractivity contribution in [3.63, 3.8) is 0 Å². The van der Waals surface area contributed by atoms with Crippen LogP contribution in [0.2, 0.25) is 0 Å². The van der Waals surface area contributed by atoms with Crippen LogP contribution in [0.25, 0.3) is 0 Å². The fraction of sp³-hybridized carbons (Fsp3) is 0.900. The zero-order chi connectivity index (χ0) is 10.1. The molecule has 0 bridgehead atoms. The fourth-order valence-corrected chi connectivity index (χ4v) is 1.27. The quantitative estimate of drug-likeness (QED) is 0.685. The van der Waals surface area contributed by atoms with Gasteiger partial charge in [-0.1, -0.05) is 6.92 Å². The molecule has 0 radical (unpaired) electrons. The van der Waals surface area contributed by atoms with Gasteiger partial charge in [0.25, 0.3) is 0 Å². The van der Waals surface area contributed by atoms with Gasteiger partial charge >= 0.3 is 0 Å². The van der Waals surface area contributed by atoms with Crippen molar-refractivity contribution in [1.29, 1.82) is 0 Å². The van der Waals surface area contributed by atoms with Crippen LogP contribution >= 0.6 is 0 Å². The first-order valence-corrected chi connectivity index (χ1v) is 4.97. The van der Waals surface area contributed by atoms with E-state index >= 15 is 0 Å². The minimum absolute atomic E-state index is 0.0871. The van der Waals surface area contributed by atoms with Crippen molar-refractivity contribution in [3.8, 4) is 0 Å². The molecule has 1 aliphatic carbocycles. The average Bonchev–Trinajstić information content (AvgIpc) is 2.67. The fourth-order valence-electron chi connectivity index (χ4n) is 1.27. The van der Waals surface area contributed by atoms with Crippen LogP contribution in [0, 0.1) is 0 Å². The number of likely N-dealkylation sites (N-methyl/N-ethyl adjacent to an activating group) is 1. The normalized spacial score (nSPS) is 19.7. The molecule has 0 aliphatic heterocycles. The van der Waals surface area contributed by atoms with Crippen LogP contribution in [-0.2, 0) is 4.79 Å². The molecular weight excluding hydrogens is 164 g/mol. The molecule has 0 heterocycles. The standard InChI is InChI=1S/C10H20N2O/c1-5-11-9(2,3)8(13)12-10(4)6-7-10/h11H,5-7H2,1-4H3,(H,12,13). The predicted octanol–water partition coefficient (Wildman–Crippen LogP) is 1.04. The molecule has 0 aromatic carbocycles. The molecule has 1 amide bonds. The second-order valence-corrected chi connectivity index (χ2v) is 4.67. The molecule has 2 N–H and O–H groups in total. The number of hydrogen-bond donors (Lipinski definition) is 2. The van der Waals surface area contributed by atoms with E-state index in [0.717, 1.165) is 19.4 Å². The minimum atomic E-state index is -0.444. The molecule has 0 unspecified atom stereocenters. The summed E-state index contributed by atoms with van der Waals surface area (Å²) >= 11 is 0. The first kappa shape index (κ1) is 10.5. The number of nitrogens with one attached hydrogen (secondary N) is 2. The van der Waals surface area contributed by atoms with Crippen LogP contribution in [0.1, 0.15) is 40.5 Å². The van der Waals surface area contributed by atoms with Crippen molar-refractivity contribution in [3.05, 3.63) is 0 Å². The van der Waals surface area contributed by atoms with E-state index in [1.54, 1.807) is 0 Å². The summed E-state index contributed by atoms with van der Waals surface area (Å²) in [5, 5.41) is 6.21. The highest BCUT2D eigenvalue weighted by Crippen LogP contribution is 2.34. The molecule has 76 valence electrons. The number of amides is 1. The molecule has 3 nitrogen and oxygen atoms in total. The van der Waals surface area contributed by atoms with E-state index < -0.39 is 5.54 Å². The summed E-state index contributed by atoms with van der Waals surface area (Å²) in [5.74, 6) is 0.106. The minimum Gasteiger partial charge on any atom is -0.349 e. The Morgan fingerprint density at radius 2 is 2.00 bits per heavy atom. The van der Waals surface area contributed by atoms with Gasteiger partial charge in [-0.05, 0) is 40.2 Å². The van der Waals surface area contributed by atoms with E-state index in [0.29, 0.717) is 0 Å². The molecule has 1 rings (SSSR count). The van der Waals surface area contributed by atoms with Crippen molar-refractivity contribution < 1.29 is 4.79 Å². The summed E-state index contributed by atoms with van der Waals surface area (Å²) in [6.07, 6.45) is 2.22. The molecule has 0 saturated heterocycles. The smallest absolute Gasteiger partial charge is 0.240 e. The maximum absolute atomic E-state index is 11.7. The largest absolute Gasteiger partial charge is 0.349 e. The van der Waals surface area contributed by atoms with Gasteiger partial charge in [-0.3, -0.25) is 4.79 Å². The number of carbonyl (C=O) groups excluding carboxylic acids is 1. The third-order valence-electron chi connectivity index (χ3n) is 2.60. The SMILES string of the molecule is CCNC(C)(C)C(=O)NC1(C)CC1. The van der Waals surface area contributed by atoms with Gasteiger partial charge in [0.15, 0.2) is 0 Å². The second-order valence-electron chi connectivity index (χ2n) is 4.67. The first-order chi connectivity index (χ1) is 5.90. The highest BCUT2D eigenvalue weighted by Gasteiger charge is 2.41. The lowest BCUT2D eigenvalue weighted by Crippen LogP contribution is -2.55. The molecular formula is C10H20N2O. The van der Waals surface area contributed by atoms with Gasteiger partial charge in [0, 0.05) is 5.54 Å². The Morgan fingerprint density at radius 1 is 1.46 bits per heavy atom. The van der Waals surface area contributed by atoms with Gasteiger partial charge in [0.05, 0.1) is 5.54 Å². The van der Waals surface area contributed by atoms with E-state index in [4.69, 9.17) is 0 Å². The Kier molecular flexibility index (Phi) is 2.66. The maximum Gasteiger partial charge on any atom is 0.240 e. The lowest BCUT2D eigenvalue weighted by Gasteiger charge is -2.26. The summed E-state index contributed by atoms with van der Waals surface area (Å²) in [5.41, 5.74) is -0.357. The lowest BCUT2D eigenvalue weighted by molar-refractivity contribution is -0.127. The summed E-state index contributed by atoms with van der Waals surface area (Å²) < 4.78 is 0. The van der Waals surface area contributed by atoms with Crippen molar-refractivity contribution >= 4 is 5.91 Å². The third-order valence-corrected chi connectivity index (χ3v) is 2.60. The number of hydrogen-bond acceptors (Lipinski definition) is 2. The topological polar surface area (TPSA) is 41.1 Å². The Morgan fingerprint density at radius 3 is 2.38 bits per heavy atom. The van der Waals surface area contributed by atoms with Gasteiger partial charge in [-0.2, -0.15) is 0 Å². The maximum atomic E-state index is 11.7. The second kappa shape index (κ2) is 3.29. The van der Waals surface area contributed by atoms with Crippen LogP contribution in [-0.4, -0.2) is 23.5 Å². The van der Waals surface area contributed by atoms with Crippen LogP contribution in [0.15, 0.2) is 0 Å². The number of rotatable bonds is 4. The number of carbonyl (C=O) groups is 1. The highest BCUT2D eigenvalue weighted by atomic mass is 16.2. The van der Waals surface area contributed by atoms with Gasteiger partial charge in [-0.15, -0.1) is 0 Å². The average molecular weight is 184 g/mol. The molecule has 13 heavy (non-hydrogen) atoms. The molecule has 0 atom stereocenters. The Bertz CT molecular complexity index is 207. The Labute approximate surface area is 80.3 Å². The van der Waals surface area contributed by atoms with E-state index in [9.17, 15) is 4.79 Å². The van der Waals surface area contributed by atoms with E-state index in [-0.39, 0.29) is 11.4 Å². The van der Waals surface area contributed by atoms with Crippen molar-refractivity contribution in [1.82, 2.24) is 10.6 Å². The van der Waals surface area contributed by atoms with E-state index in [1.165, 1.54) is 0 Å². The Hall–Kier alpha value is -0.570. The molecule has 1 saturated carbocycles. The van der Waals surface area contributed by atoms with Gasteiger partial charge in [0.2, 0.25) is 5.91 Å². The third kappa shape index (κ3) is 2.69. The summed E-state index contributed by atoms with van der Waals surface area (Å²) in [7, 11) is 0. The molecule has 1 aliphatic rings. The zero-order valence-electron chi connectivity index (χ0n) is 9.03. The monoisotopic (exact) mass is 184 g/mol. The van der Waals surface area contributed by atoms with Crippen LogP contribution < -0.4 is 10.6 Å². The molecule has 1 fully saturated rings. The van der Waals surface area contributed by atoms with Gasteiger partial charge in [0.1, 0.15) is 0 Å². The lowest BCUT2D eigenvalue weighted by atomic mass is 10.0. The first-order valence-electron chi connectivity index (χ1n) is 4.97. The molecule has 0 aromatic heterocycles. The van der Waals surface area contributed by atoms with Crippen molar-refractivity contribution in [2.24, 2.45) is 0 Å². The van der Waals surface area contributed by atoms with E-state index in [1.807, 2.05) is 20.8 Å². The Balaban J connectivity index is 2.45. The van der Waals surface area contributed by atoms with Gasteiger partial charge < -0.3 is 10.6 Å². The summed E-state index contributed by atoms with van der Waals surface area (Å²) in [6.45, 7) is 8.74. The van der Waals surface area contributed by atoms with Crippen LogP contribution in [0.3, 0.4) is 0 Å². The van der Waals surface area contributed by atoms with Crippen LogP contribution in [0.5, 0.6) is 0 Å².